The number of hydrogen-bond donors (Lipinski definition) is 2. The summed E-state index contributed by atoms with van der Waals surface area (Å²) >= 11 is 0. The van der Waals surface area contributed by atoms with Crippen LogP contribution in [0.3, 0.4) is 0 Å². The normalized spacial score (nSPS) is 18.1. The molecule has 82 valence electrons. The highest BCUT2D eigenvalue weighted by Crippen LogP contribution is 2.21. The molecular formula is C7H11F3N2O2. The van der Waals surface area contributed by atoms with Gasteiger partial charge < -0.3 is 15.3 Å². The van der Waals surface area contributed by atoms with Crippen molar-refractivity contribution in [2.75, 3.05) is 26.2 Å². The van der Waals surface area contributed by atoms with Crippen molar-refractivity contribution in [3.05, 3.63) is 0 Å². The molecule has 7 heteroatoms. The van der Waals surface area contributed by atoms with Crippen LogP contribution in [-0.4, -0.2) is 54.4 Å². The maximum absolute atomic E-state index is 11.8. The van der Waals surface area contributed by atoms with Crippen molar-refractivity contribution >= 4 is 5.91 Å². The number of amides is 1. The predicted molar refractivity (Wildman–Crippen MR) is 41.5 cm³/mol. The van der Waals surface area contributed by atoms with Gasteiger partial charge in [0.05, 0.1) is 6.61 Å². The first-order valence-corrected chi connectivity index (χ1v) is 4.15. The van der Waals surface area contributed by atoms with E-state index in [0.717, 1.165) is 4.90 Å². The second-order valence-corrected chi connectivity index (χ2v) is 3.08. The molecular weight excluding hydrogens is 201 g/mol. The minimum atomic E-state index is -4.78. The fourth-order valence-electron chi connectivity index (χ4n) is 1.22. The molecule has 1 amide bonds. The maximum atomic E-state index is 11.8. The number of halogens is 3. The molecule has 0 atom stereocenters. The molecule has 0 aromatic rings. The summed E-state index contributed by atoms with van der Waals surface area (Å²) in [5, 5.41) is 11.2. The lowest BCUT2D eigenvalue weighted by molar-refractivity contribution is -0.190. The number of rotatable bonds is 3. The second-order valence-electron chi connectivity index (χ2n) is 3.08. The van der Waals surface area contributed by atoms with Crippen molar-refractivity contribution in [3.8, 4) is 0 Å². The van der Waals surface area contributed by atoms with Crippen molar-refractivity contribution in [1.82, 2.24) is 10.2 Å². The lowest BCUT2D eigenvalue weighted by atomic mass is 10.1. The first kappa shape index (κ1) is 11.3. The summed E-state index contributed by atoms with van der Waals surface area (Å²) in [6.07, 6.45) is -4.78. The van der Waals surface area contributed by atoms with Crippen LogP contribution in [-0.2, 0) is 4.79 Å². The van der Waals surface area contributed by atoms with E-state index in [1.165, 1.54) is 0 Å². The molecule has 4 nitrogen and oxygen atoms in total. The summed E-state index contributed by atoms with van der Waals surface area (Å²) in [6, 6.07) is -0.131. The fraction of sp³-hybridized carbons (Fsp3) is 0.857. The van der Waals surface area contributed by atoms with Crippen LogP contribution in [0, 0.1) is 0 Å². The van der Waals surface area contributed by atoms with Crippen molar-refractivity contribution < 1.29 is 23.1 Å². The van der Waals surface area contributed by atoms with E-state index >= 15 is 0 Å². The second kappa shape index (κ2) is 4.14. The van der Waals surface area contributed by atoms with Crippen LogP contribution in [0.5, 0.6) is 0 Å². The molecule has 1 fully saturated rings. The number of aliphatic hydroxyl groups is 1. The van der Waals surface area contributed by atoms with Gasteiger partial charge >= 0.3 is 12.1 Å². The number of hydrogen-bond acceptors (Lipinski definition) is 3. The van der Waals surface area contributed by atoms with Crippen LogP contribution < -0.4 is 5.32 Å². The average Bonchev–Trinajstić information content (AvgIpc) is 1.99. The Morgan fingerprint density at radius 1 is 1.50 bits per heavy atom. The van der Waals surface area contributed by atoms with Gasteiger partial charge in [-0.3, -0.25) is 4.79 Å². The molecule has 1 saturated heterocycles. The molecule has 1 aliphatic rings. The van der Waals surface area contributed by atoms with E-state index in [2.05, 4.69) is 5.32 Å². The van der Waals surface area contributed by atoms with Crippen LogP contribution >= 0.6 is 0 Å². The summed E-state index contributed by atoms with van der Waals surface area (Å²) in [7, 11) is 0. The van der Waals surface area contributed by atoms with Crippen LogP contribution in [0.2, 0.25) is 0 Å². The highest BCUT2D eigenvalue weighted by atomic mass is 19.4. The maximum Gasteiger partial charge on any atom is 0.471 e. The van der Waals surface area contributed by atoms with E-state index in [-0.39, 0.29) is 25.7 Å². The molecule has 0 bridgehead atoms. The third-order valence-corrected chi connectivity index (χ3v) is 1.96. The fourth-order valence-corrected chi connectivity index (χ4v) is 1.22. The number of likely N-dealkylation sites (tertiary alicyclic amines) is 1. The van der Waals surface area contributed by atoms with Crippen LogP contribution in [0.15, 0.2) is 0 Å². The van der Waals surface area contributed by atoms with E-state index < -0.39 is 12.1 Å². The SMILES string of the molecule is O=C(N1CC(NCCO)C1)C(F)(F)F. The third kappa shape index (κ3) is 2.58. The van der Waals surface area contributed by atoms with Crippen LogP contribution in [0.1, 0.15) is 0 Å². The molecule has 1 heterocycles. The summed E-state index contributed by atoms with van der Waals surface area (Å²) in [5.74, 6) is -1.79. The molecule has 0 aromatic heterocycles. The van der Waals surface area contributed by atoms with E-state index in [9.17, 15) is 18.0 Å². The van der Waals surface area contributed by atoms with Crippen molar-refractivity contribution in [3.63, 3.8) is 0 Å². The molecule has 1 aliphatic heterocycles. The Hall–Kier alpha value is -0.820. The Morgan fingerprint density at radius 3 is 2.50 bits per heavy atom. The quantitative estimate of drug-likeness (QED) is 0.653. The zero-order chi connectivity index (χ0) is 10.8. The Labute approximate surface area is 78.7 Å². The van der Waals surface area contributed by atoms with Gasteiger partial charge in [-0.05, 0) is 0 Å². The van der Waals surface area contributed by atoms with E-state index in [4.69, 9.17) is 5.11 Å². The van der Waals surface area contributed by atoms with Gasteiger partial charge in [0, 0.05) is 25.7 Å². The van der Waals surface area contributed by atoms with E-state index in [0.29, 0.717) is 6.54 Å². The summed E-state index contributed by atoms with van der Waals surface area (Å²) in [4.78, 5) is 11.3. The van der Waals surface area contributed by atoms with Crippen molar-refractivity contribution in [2.45, 2.75) is 12.2 Å². The minimum Gasteiger partial charge on any atom is -0.395 e. The van der Waals surface area contributed by atoms with E-state index in [1.807, 2.05) is 0 Å². The molecule has 14 heavy (non-hydrogen) atoms. The molecule has 0 unspecified atom stereocenters. The van der Waals surface area contributed by atoms with Crippen LogP contribution in [0.25, 0.3) is 0 Å². The first-order chi connectivity index (χ1) is 6.45. The van der Waals surface area contributed by atoms with Crippen molar-refractivity contribution in [2.24, 2.45) is 0 Å². The largest absolute Gasteiger partial charge is 0.471 e. The molecule has 0 spiro atoms. The number of nitrogens with zero attached hydrogens (tertiary/aromatic N) is 1. The van der Waals surface area contributed by atoms with Crippen LogP contribution in [0.4, 0.5) is 13.2 Å². The van der Waals surface area contributed by atoms with Gasteiger partial charge in [0.1, 0.15) is 0 Å². The molecule has 1 rings (SSSR count). The van der Waals surface area contributed by atoms with Crippen molar-refractivity contribution in [1.29, 1.82) is 0 Å². The first-order valence-electron chi connectivity index (χ1n) is 4.15. The minimum absolute atomic E-state index is 0.0539. The van der Waals surface area contributed by atoms with Gasteiger partial charge in [-0.2, -0.15) is 13.2 Å². The number of carbonyl (C=O) groups is 1. The lowest BCUT2D eigenvalue weighted by Gasteiger charge is -2.39. The lowest BCUT2D eigenvalue weighted by Crippen LogP contribution is -2.62. The van der Waals surface area contributed by atoms with Gasteiger partial charge in [0.25, 0.3) is 0 Å². The Morgan fingerprint density at radius 2 is 2.07 bits per heavy atom. The summed E-state index contributed by atoms with van der Waals surface area (Å²) in [6.45, 7) is 0.374. The Kier molecular flexibility index (Phi) is 3.33. The Balaban J connectivity index is 2.24. The smallest absolute Gasteiger partial charge is 0.395 e. The van der Waals surface area contributed by atoms with E-state index in [1.54, 1.807) is 0 Å². The predicted octanol–water partition coefficient (Wildman–Crippen LogP) is -0.659. The van der Waals surface area contributed by atoms with Gasteiger partial charge in [-0.1, -0.05) is 0 Å². The standard InChI is InChI=1S/C7H11F3N2O2/c8-7(9,10)6(14)12-3-5(4-12)11-1-2-13/h5,11,13H,1-4H2. The van der Waals surface area contributed by atoms with Gasteiger partial charge in [-0.25, -0.2) is 0 Å². The summed E-state index contributed by atoms with van der Waals surface area (Å²) < 4.78 is 35.5. The molecule has 0 saturated carbocycles. The average molecular weight is 212 g/mol. The summed E-state index contributed by atoms with van der Waals surface area (Å²) in [5.41, 5.74) is 0. The van der Waals surface area contributed by atoms with Gasteiger partial charge in [-0.15, -0.1) is 0 Å². The number of alkyl halides is 3. The zero-order valence-corrected chi connectivity index (χ0v) is 7.34. The highest BCUT2D eigenvalue weighted by Gasteiger charge is 2.46. The topological polar surface area (TPSA) is 52.6 Å². The molecule has 0 radical (unpaired) electrons. The van der Waals surface area contributed by atoms with Gasteiger partial charge in [0.15, 0.2) is 0 Å². The molecule has 2 N–H and O–H groups in total. The molecule has 0 aromatic carbocycles. The third-order valence-electron chi connectivity index (χ3n) is 1.96. The zero-order valence-electron chi connectivity index (χ0n) is 7.34. The Bertz CT molecular complexity index is 213. The molecule has 0 aliphatic carbocycles. The number of carbonyl (C=O) groups excluding carboxylic acids is 1. The number of nitrogens with one attached hydrogen (secondary N) is 1. The number of aliphatic hydroxyl groups excluding tert-OH is 1. The monoisotopic (exact) mass is 212 g/mol. The van der Waals surface area contributed by atoms with Gasteiger partial charge in [0.2, 0.25) is 0 Å². The highest BCUT2D eigenvalue weighted by molar-refractivity contribution is 5.82.